The molecule has 0 aliphatic carbocycles. The molecule has 0 fully saturated rings. The molecule has 0 amide bonds. The van der Waals surface area contributed by atoms with Gasteiger partial charge in [-0.05, 0) is 49.1 Å². The van der Waals surface area contributed by atoms with Gasteiger partial charge in [-0.3, -0.25) is 4.31 Å². The van der Waals surface area contributed by atoms with Crippen molar-refractivity contribution in [1.82, 2.24) is 6.15 Å². The van der Waals surface area contributed by atoms with E-state index in [2.05, 4.69) is 0 Å². The van der Waals surface area contributed by atoms with Crippen molar-refractivity contribution in [3.05, 3.63) is 59.2 Å². The summed E-state index contributed by atoms with van der Waals surface area (Å²) < 4.78 is 27.7. The number of sulfonamides is 1. The number of carbonyl (C=O) groups is 1. The van der Waals surface area contributed by atoms with Crippen LogP contribution in [0.1, 0.15) is 35.3 Å². The van der Waals surface area contributed by atoms with Crippen LogP contribution in [0, 0.1) is 19.8 Å². The number of quaternary nitrogens is 1. The summed E-state index contributed by atoms with van der Waals surface area (Å²) in [6.07, 6.45) is 0. The molecule has 0 aromatic heterocycles. The maximum Gasteiger partial charge on any atom is 0.264 e. The number of aromatic carboxylic acids is 1. The zero-order chi connectivity index (χ0) is 18.8. The van der Waals surface area contributed by atoms with Gasteiger partial charge in [-0.25, -0.2) is 8.42 Å². The SMILES string of the molecule is Cc1ccc(N(CC(C)C)S(=O)(=O)c2ccc(C(=O)[O-])cc2)c(C)c1.[NH4+]. The number of hydrogen-bond acceptors (Lipinski definition) is 4. The van der Waals surface area contributed by atoms with E-state index in [1.54, 1.807) is 6.07 Å². The van der Waals surface area contributed by atoms with Crippen LogP contribution in [0.4, 0.5) is 5.69 Å². The average Bonchev–Trinajstić information content (AvgIpc) is 2.53. The Kier molecular flexibility index (Phi) is 6.94. The molecule has 7 heteroatoms. The van der Waals surface area contributed by atoms with Gasteiger partial charge < -0.3 is 16.1 Å². The Bertz CT molecular complexity index is 875. The van der Waals surface area contributed by atoms with E-state index in [-0.39, 0.29) is 22.5 Å². The van der Waals surface area contributed by atoms with Crippen LogP contribution < -0.4 is 15.6 Å². The average molecular weight is 378 g/mol. The maximum atomic E-state index is 13.1. The van der Waals surface area contributed by atoms with Gasteiger partial charge in [-0.2, -0.15) is 0 Å². The number of carboxylic acids is 1. The molecule has 2 aromatic carbocycles. The fourth-order valence-corrected chi connectivity index (χ4v) is 4.33. The molecule has 0 radical (unpaired) electrons. The molecule has 0 bridgehead atoms. The summed E-state index contributed by atoms with van der Waals surface area (Å²) >= 11 is 0. The molecule has 6 nitrogen and oxygen atoms in total. The maximum absolute atomic E-state index is 13.1. The third-order valence-corrected chi connectivity index (χ3v) is 5.62. The van der Waals surface area contributed by atoms with E-state index in [4.69, 9.17) is 0 Å². The standard InChI is InChI=1S/C19H23NO4S.H3N/c1-13(2)12-20(18-10-5-14(3)11-15(18)4)25(23,24)17-8-6-16(7-9-17)19(21)22;/h5-11,13H,12H2,1-4H3,(H,21,22);1H3. The molecule has 26 heavy (non-hydrogen) atoms. The molecule has 0 saturated carbocycles. The van der Waals surface area contributed by atoms with Gasteiger partial charge in [0.1, 0.15) is 0 Å². The van der Waals surface area contributed by atoms with Gasteiger partial charge in [-0.15, -0.1) is 0 Å². The van der Waals surface area contributed by atoms with Crippen molar-refractivity contribution in [2.75, 3.05) is 10.8 Å². The van der Waals surface area contributed by atoms with Crippen molar-refractivity contribution in [3.63, 3.8) is 0 Å². The van der Waals surface area contributed by atoms with Crippen molar-refractivity contribution < 1.29 is 18.3 Å². The fraction of sp³-hybridized carbons (Fsp3) is 0.316. The summed E-state index contributed by atoms with van der Waals surface area (Å²) in [6, 6.07) is 10.7. The monoisotopic (exact) mass is 378 g/mol. The first-order valence-electron chi connectivity index (χ1n) is 8.04. The highest BCUT2D eigenvalue weighted by molar-refractivity contribution is 7.92. The molecular weight excluding hydrogens is 352 g/mol. The van der Waals surface area contributed by atoms with Crippen molar-refractivity contribution in [1.29, 1.82) is 0 Å². The van der Waals surface area contributed by atoms with E-state index in [1.807, 2.05) is 39.8 Å². The number of hydrogen-bond donors (Lipinski definition) is 1. The fourth-order valence-electron chi connectivity index (χ4n) is 2.63. The first kappa shape index (κ1) is 21.7. The molecule has 0 saturated heterocycles. The van der Waals surface area contributed by atoms with Gasteiger partial charge in [0.2, 0.25) is 0 Å². The molecule has 4 N–H and O–H groups in total. The Balaban J connectivity index is 0.00000338. The number of aryl methyl sites for hydroxylation is 2. The molecule has 0 aliphatic rings. The highest BCUT2D eigenvalue weighted by Gasteiger charge is 2.26. The van der Waals surface area contributed by atoms with Crippen molar-refractivity contribution in [3.8, 4) is 0 Å². The Morgan fingerprint density at radius 1 is 1.08 bits per heavy atom. The van der Waals surface area contributed by atoms with E-state index in [9.17, 15) is 18.3 Å². The highest BCUT2D eigenvalue weighted by atomic mass is 32.2. The minimum Gasteiger partial charge on any atom is -0.545 e. The summed E-state index contributed by atoms with van der Waals surface area (Å²) in [5.41, 5.74) is 2.50. The largest absolute Gasteiger partial charge is 0.545 e. The topological polar surface area (TPSA) is 114 Å². The molecule has 2 rings (SSSR count). The summed E-state index contributed by atoms with van der Waals surface area (Å²) in [5, 5.41) is 10.9. The highest BCUT2D eigenvalue weighted by Crippen LogP contribution is 2.28. The van der Waals surface area contributed by atoms with Crippen LogP contribution in [0.3, 0.4) is 0 Å². The van der Waals surface area contributed by atoms with Crippen LogP contribution in [0.25, 0.3) is 0 Å². The third kappa shape index (κ3) is 4.62. The molecule has 0 unspecified atom stereocenters. The second-order valence-electron chi connectivity index (χ2n) is 6.53. The summed E-state index contributed by atoms with van der Waals surface area (Å²) in [7, 11) is -3.81. The lowest BCUT2D eigenvalue weighted by molar-refractivity contribution is -0.255. The third-order valence-electron chi connectivity index (χ3n) is 3.83. The number of carboxylic acid groups (broad SMARTS) is 1. The molecular formula is C19H26N2O4S. The Labute approximate surface area is 155 Å². The van der Waals surface area contributed by atoms with Crippen LogP contribution in [-0.4, -0.2) is 20.9 Å². The van der Waals surface area contributed by atoms with Gasteiger partial charge in [-0.1, -0.05) is 43.7 Å². The minimum atomic E-state index is -3.81. The second kappa shape index (κ2) is 8.33. The van der Waals surface area contributed by atoms with E-state index in [1.165, 1.54) is 28.6 Å². The van der Waals surface area contributed by atoms with Gasteiger partial charge in [0.05, 0.1) is 16.6 Å². The minimum absolute atomic E-state index is 0. The van der Waals surface area contributed by atoms with E-state index in [0.717, 1.165) is 11.1 Å². The van der Waals surface area contributed by atoms with E-state index >= 15 is 0 Å². The zero-order valence-corrected chi connectivity index (χ0v) is 16.6. The van der Waals surface area contributed by atoms with Crippen molar-refractivity contribution in [2.24, 2.45) is 5.92 Å². The lowest BCUT2D eigenvalue weighted by Gasteiger charge is -2.28. The summed E-state index contributed by atoms with van der Waals surface area (Å²) in [6.45, 7) is 8.06. The molecule has 0 atom stereocenters. The van der Waals surface area contributed by atoms with Crippen LogP contribution in [0.15, 0.2) is 47.4 Å². The smallest absolute Gasteiger partial charge is 0.264 e. The van der Waals surface area contributed by atoms with E-state index < -0.39 is 16.0 Å². The first-order valence-corrected chi connectivity index (χ1v) is 9.48. The first-order chi connectivity index (χ1) is 11.6. The Morgan fingerprint density at radius 2 is 1.65 bits per heavy atom. The number of nitrogens with zero attached hydrogens (tertiary/aromatic N) is 1. The predicted molar refractivity (Wildman–Crippen MR) is 102 cm³/mol. The number of rotatable bonds is 6. The van der Waals surface area contributed by atoms with Gasteiger partial charge >= 0.3 is 0 Å². The zero-order valence-electron chi connectivity index (χ0n) is 15.8. The normalized spacial score (nSPS) is 11.1. The Morgan fingerprint density at radius 3 is 2.12 bits per heavy atom. The molecule has 142 valence electrons. The van der Waals surface area contributed by atoms with Crippen molar-refractivity contribution >= 4 is 21.7 Å². The van der Waals surface area contributed by atoms with Crippen LogP contribution in [0.5, 0.6) is 0 Å². The summed E-state index contributed by atoms with van der Waals surface area (Å²) in [4.78, 5) is 10.9. The molecule has 0 heterocycles. The van der Waals surface area contributed by atoms with Gasteiger partial charge in [0, 0.05) is 6.54 Å². The predicted octanol–water partition coefficient (Wildman–Crippen LogP) is 2.89. The van der Waals surface area contributed by atoms with Gasteiger partial charge in [0.25, 0.3) is 10.0 Å². The quantitative estimate of drug-likeness (QED) is 0.832. The molecule has 2 aromatic rings. The van der Waals surface area contributed by atoms with Crippen molar-refractivity contribution in [2.45, 2.75) is 32.6 Å². The number of anilines is 1. The van der Waals surface area contributed by atoms with Crippen LogP contribution in [0.2, 0.25) is 0 Å². The summed E-state index contributed by atoms with van der Waals surface area (Å²) in [5.74, 6) is -1.21. The lowest BCUT2D eigenvalue weighted by atomic mass is 10.1. The van der Waals surface area contributed by atoms with Crippen LogP contribution in [-0.2, 0) is 10.0 Å². The Hall–Kier alpha value is -2.38. The second-order valence-corrected chi connectivity index (χ2v) is 8.39. The molecule has 0 spiro atoms. The van der Waals surface area contributed by atoms with Gasteiger partial charge in [0.15, 0.2) is 0 Å². The number of carbonyl (C=O) groups excluding carboxylic acids is 1. The number of benzene rings is 2. The lowest BCUT2D eigenvalue weighted by Crippen LogP contribution is -2.35. The van der Waals surface area contributed by atoms with Crippen LogP contribution >= 0.6 is 0 Å². The molecule has 0 aliphatic heterocycles. The van der Waals surface area contributed by atoms with E-state index in [0.29, 0.717) is 12.2 Å².